The van der Waals surface area contributed by atoms with Crippen molar-refractivity contribution < 1.29 is 0 Å². The van der Waals surface area contributed by atoms with E-state index in [1.54, 1.807) is 0 Å². The Bertz CT molecular complexity index is 793. The fourth-order valence-corrected chi connectivity index (χ4v) is 3.75. The average Bonchev–Trinajstić information content (AvgIpc) is 2.64. The van der Waals surface area contributed by atoms with Gasteiger partial charge in [-0.15, -0.1) is 0 Å². The lowest BCUT2D eigenvalue weighted by atomic mass is 10.1. The van der Waals surface area contributed by atoms with Gasteiger partial charge in [0.05, 0.1) is 10.7 Å². The molecule has 0 aliphatic carbocycles. The van der Waals surface area contributed by atoms with Crippen molar-refractivity contribution in [2.45, 2.75) is 13.1 Å². The van der Waals surface area contributed by atoms with Crippen LogP contribution < -0.4 is 21.5 Å². The first-order valence-corrected chi connectivity index (χ1v) is 9.97. The summed E-state index contributed by atoms with van der Waals surface area (Å²) in [6.07, 6.45) is 0. The van der Waals surface area contributed by atoms with Gasteiger partial charge in [-0.25, -0.2) is 5.43 Å². The van der Waals surface area contributed by atoms with Gasteiger partial charge in [0.2, 0.25) is 0 Å². The molecule has 0 atom stereocenters. The summed E-state index contributed by atoms with van der Waals surface area (Å²) in [6.45, 7) is 5.28. The van der Waals surface area contributed by atoms with Crippen LogP contribution in [0, 0.1) is 0 Å². The smallest absolute Gasteiger partial charge is 0.178 e. The van der Waals surface area contributed by atoms with Crippen LogP contribution in [0.3, 0.4) is 0 Å². The largest absolute Gasteiger partial charge is 0.375 e. The van der Waals surface area contributed by atoms with Gasteiger partial charge in [0.1, 0.15) is 0 Å². The Morgan fingerprint density at radius 2 is 1.78 bits per heavy atom. The standard InChI is InChI=1S/C19H23Cl2N5S/c20-16-4-2-1-3-15(16)13-25-7-9-26(10-8-25)18-6-5-14(11-17(18)21)12-23-24-19(22)27/h1-6,11,23H,7-10,12-13H2,(H3,22,24,27). The molecule has 1 aliphatic rings. The summed E-state index contributed by atoms with van der Waals surface area (Å²) in [6, 6.07) is 14.1. The highest BCUT2D eigenvalue weighted by molar-refractivity contribution is 7.80. The number of hydrogen-bond acceptors (Lipinski definition) is 4. The summed E-state index contributed by atoms with van der Waals surface area (Å²) in [7, 11) is 0. The monoisotopic (exact) mass is 423 g/mol. The molecule has 1 saturated heterocycles. The van der Waals surface area contributed by atoms with Gasteiger partial charge in [-0.3, -0.25) is 10.3 Å². The van der Waals surface area contributed by atoms with E-state index in [1.165, 1.54) is 5.56 Å². The number of piperazine rings is 1. The van der Waals surface area contributed by atoms with Gasteiger partial charge in [-0.2, -0.15) is 0 Å². The molecule has 0 amide bonds. The zero-order valence-corrected chi connectivity index (χ0v) is 17.2. The number of benzene rings is 2. The van der Waals surface area contributed by atoms with Crippen LogP contribution in [0.1, 0.15) is 11.1 Å². The van der Waals surface area contributed by atoms with Crippen LogP contribution in [-0.4, -0.2) is 36.2 Å². The fourth-order valence-electron chi connectivity index (χ4n) is 3.16. The van der Waals surface area contributed by atoms with E-state index in [-0.39, 0.29) is 5.11 Å². The molecular weight excluding hydrogens is 401 g/mol. The Morgan fingerprint density at radius 3 is 2.44 bits per heavy atom. The number of nitrogens with zero attached hydrogens (tertiary/aromatic N) is 2. The van der Waals surface area contributed by atoms with Crippen LogP contribution in [0.5, 0.6) is 0 Å². The van der Waals surface area contributed by atoms with E-state index in [2.05, 4.69) is 38.9 Å². The Balaban J connectivity index is 1.54. The van der Waals surface area contributed by atoms with Gasteiger partial charge in [0.15, 0.2) is 5.11 Å². The minimum absolute atomic E-state index is 0.215. The van der Waals surface area contributed by atoms with Crippen molar-refractivity contribution in [3.63, 3.8) is 0 Å². The van der Waals surface area contributed by atoms with Crippen LogP contribution in [0.4, 0.5) is 5.69 Å². The predicted octanol–water partition coefficient (Wildman–Crippen LogP) is 3.15. The lowest BCUT2D eigenvalue weighted by Gasteiger charge is -2.36. The highest BCUT2D eigenvalue weighted by Gasteiger charge is 2.19. The van der Waals surface area contributed by atoms with Crippen LogP contribution in [0.2, 0.25) is 10.0 Å². The Hall–Kier alpha value is -1.57. The van der Waals surface area contributed by atoms with Crippen molar-refractivity contribution in [3.05, 3.63) is 63.6 Å². The molecular formula is C19H23Cl2N5S. The first-order chi connectivity index (χ1) is 13.0. The molecule has 0 spiro atoms. The van der Waals surface area contributed by atoms with Gasteiger partial charge in [0, 0.05) is 44.3 Å². The molecule has 1 aliphatic heterocycles. The molecule has 0 aromatic heterocycles. The Kier molecular flexibility index (Phi) is 7.15. The van der Waals surface area contributed by atoms with E-state index in [9.17, 15) is 0 Å². The van der Waals surface area contributed by atoms with Gasteiger partial charge in [-0.05, 0) is 41.5 Å². The van der Waals surface area contributed by atoms with Crippen molar-refractivity contribution in [2.75, 3.05) is 31.1 Å². The minimum atomic E-state index is 0.215. The topological polar surface area (TPSA) is 56.6 Å². The predicted molar refractivity (Wildman–Crippen MR) is 117 cm³/mol. The normalized spacial score (nSPS) is 15.0. The third-order valence-electron chi connectivity index (χ3n) is 4.58. The van der Waals surface area contributed by atoms with Crippen LogP contribution in [-0.2, 0) is 13.1 Å². The quantitative estimate of drug-likeness (QED) is 0.489. The number of rotatable bonds is 6. The maximum atomic E-state index is 6.52. The van der Waals surface area contributed by atoms with E-state index >= 15 is 0 Å². The number of hydrogen-bond donors (Lipinski definition) is 3. The first-order valence-electron chi connectivity index (χ1n) is 8.80. The van der Waals surface area contributed by atoms with Gasteiger partial charge in [0.25, 0.3) is 0 Å². The summed E-state index contributed by atoms with van der Waals surface area (Å²) in [5.74, 6) is 0. The van der Waals surface area contributed by atoms with Crippen LogP contribution >= 0.6 is 35.4 Å². The van der Waals surface area contributed by atoms with Gasteiger partial charge < -0.3 is 10.6 Å². The molecule has 5 nitrogen and oxygen atoms in total. The van der Waals surface area contributed by atoms with E-state index < -0.39 is 0 Å². The number of nitrogens with two attached hydrogens (primary N) is 1. The molecule has 27 heavy (non-hydrogen) atoms. The molecule has 0 radical (unpaired) electrons. The maximum Gasteiger partial charge on any atom is 0.178 e. The molecule has 4 N–H and O–H groups in total. The highest BCUT2D eigenvalue weighted by atomic mass is 35.5. The van der Waals surface area contributed by atoms with Crippen molar-refractivity contribution in [2.24, 2.45) is 5.73 Å². The zero-order valence-electron chi connectivity index (χ0n) is 14.9. The lowest BCUT2D eigenvalue weighted by molar-refractivity contribution is 0.250. The van der Waals surface area contributed by atoms with Crippen molar-refractivity contribution in [1.82, 2.24) is 15.8 Å². The van der Waals surface area contributed by atoms with E-state index in [1.807, 2.05) is 24.3 Å². The molecule has 8 heteroatoms. The average molecular weight is 424 g/mol. The minimum Gasteiger partial charge on any atom is -0.375 e. The summed E-state index contributed by atoms with van der Waals surface area (Å²) in [5.41, 5.74) is 14.4. The van der Waals surface area contributed by atoms with E-state index in [4.69, 9.17) is 41.2 Å². The molecule has 2 aromatic rings. The first kappa shape index (κ1) is 20.2. The number of thiocarbonyl (C=S) groups is 1. The third-order valence-corrected chi connectivity index (χ3v) is 5.35. The second-order valence-corrected chi connectivity index (χ2v) is 7.74. The Labute approximate surface area is 175 Å². The molecule has 1 fully saturated rings. The molecule has 0 unspecified atom stereocenters. The van der Waals surface area contributed by atoms with E-state index in [0.29, 0.717) is 6.54 Å². The maximum absolute atomic E-state index is 6.52. The van der Waals surface area contributed by atoms with Crippen molar-refractivity contribution in [1.29, 1.82) is 0 Å². The Morgan fingerprint density at radius 1 is 1.04 bits per heavy atom. The molecule has 2 aromatic carbocycles. The highest BCUT2D eigenvalue weighted by Crippen LogP contribution is 2.28. The summed E-state index contributed by atoms with van der Waals surface area (Å²) in [4.78, 5) is 4.75. The van der Waals surface area contributed by atoms with Crippen LogP contribution in [0.25, 0.3) is 0 Å². The number of hydrazine groups is 1. The third kappa shape index (κ3) is 5.70. The lowest BCUT2D eigenvalue weighted by Crippen LogP contribution is -2.46. The second kappa shape index (κ2) is 9.57. The second-order valence-electron chi connectivity index (χ2n) is 6.48. The van der Waals surface area contributed by atoms with Crippen molar-refractivity contribution in [3.8, 4) is 0 Å². The zero-order chi connectivity index (χ0) is 19.2. The molecule has 1 heterocycles. The van der Waals surface area contributed by atoms with Crippen LogP contribution in [0.15, 0.2) is 42.5 Å². The summed E-state index contributed by atoms with van der Waals surface area (Å²) >= 11 is 17.6. The van der Waals surface area contributed by atoms with Gasteiger partial charge in [-0.1, -0.05) is 47.5 Å². The SMILES string of the molecule is NC(=S)NNCc1ccc(N2CCN(Cc3ccccc3Cl)CC2)c(Cl)c1. The number of nitrogens with one attached hydrogen (secondary N) is 2. The molecule has 0 saturated carbocycles. The van der Waals surface area contributed by atoms with E-state index in [0.717, 1.165) is 54.0 Å². The van der Waals surface area contributed by atoms with Crippen molar-refractivity contribution >= 4 is 46.2 Å². The summed E-state index contributed by atoms with van der Waals surface area (Å²) in [5, 5.41) is 1.80. The number of halogens is 2. The fraction of sp³-hybridized carbons (Fsp3) is 0.316. The molecule has 3 rings (SSSR count). The summed E-state index contributed by atoms with van der Waals surface area (Å²) < 4.78 is 0. The molecule has 144 valence electrons. The molecule has 0 bridgehead atoms. The van der Waals surface area contributed by atoms with Gasteiger partial charge >= 0.3 is 0 Å². The number of anilines is 1.